The molecule has 0 radical (unpaired) electrons. The Morgan fingerprint density at radius 3 is 2.58 bits per heavy atom. The standard InChI is InChI=1S/C15H24N2S2/c1-5-15(3,4)10-17-11-8-7-9-12(19-6-2)13(11)14(16)18/h7-9,17H,5-6,10H2,1-4H3,(H2,16,18). The summed E-state index contributed by atoms with van der Waals surface area (Å²) in [5.74, 6) is 1.01. The summed E-state index contributed by atoms with van der Waals surface area (Å²) in [4.78, 5) is 1.63. The molecule has 19 heavy (non-hydrogen) atoms. The van der Waals surface area contributed by atoms with E-state index in [1.807, 2.05) is 0 Å². The molecule has 0 saturated carbocycles. The van der Waals surface area contributed by atoms with Gasteiger partial charge in [0.25, 0.3) is 0 Å². The normalized spacial score (nSPS) is 11.4. The van der Waals surface area contributed by atoms with Gasteiger partial charge in [0.2, 0.25) is 0 Å². The minimum absolute atomic E-state index is 0.265. The monoisotopic (exact) mass is 296 g/mol. The van der Waals surface area contributed by atoms with Gasteiger partial charge in [0, 0.05) is 22.7 Å². The minimum Gasteiger partial charge on any atom is -0.389 e. The van der Waals surface area contributed by atoms with Crippen molar-refractivity contribution in [2.24, 2.45) is 11.1 Å². The molecule has 0 aliphatic carbocycles. The zero-order chi connectivity index (χ0) is 14.5. The lowest BCUT2D eigenvalue weighted by atomic mass is 9.90. The number of nitrogens with two attached hydrogens (primary N) is 1. The first-order chi connectivity index (χ1) is 8.91. The lowest BCUT2D eigenvalue weighted by Gasteiger charge is -2.25. The molecular weight excluding hydrogens is 272 g/mol. The van der Waals surface area contributed by atoms with Crippen molar-refractivity contribution in [3.8, 4) is 0 Å². The molecule has 4 heteroatoms. The Bertz CT molecular complexity index is 442. The van der Waals surface area contributed by atoms with Gasteiger partial charge in [-0.2, -0.15) is 0 Å². The molecule has 1 rings (SSSR count). The summed E-state index contributed by atoms with van der Waals surface area (Å²) in [6.45, 7) is 9.77. The zero-order valence-corrected chi connectivity index (χ0v) is 13.9. The SMILES string of the molecule is CCSc1cccc(NCC(C)(C)CC)c1C(N)=S. The summed E-state index contributed by atoms with van der Waals surface area (Å²) >= 11 is 6.99. The van der Waals surface area contributed by atoms with Crippen LogP contribution in [0.4, 0.5) is 5.69 Å². The summed E-state index contributed by atoms with van der Waals surface area (Å²) in [5, 5.41) is 3.50. The molecule has 0 aliphatic rings. The summed E-state index contributed by atoms with van der Waals surface area (Å²) < 4.78 is 0. The van der Waals surface area contributed by atoms with E-state index in [1.54, 1.807) is 11.8 Å². The van der Waals surface area contributed by atoms with Crippen LogP contribution in [0.2, 0.25) is 0 Å². The minimum atomic E-state index is 0.265. The number of thioether (sulfide) groups is 1. The number of benzene rings is 1. The Hall–Kier alpha value is -0.740. The molecule has 0 atom stereocenters. The van der Waals surface area contributed by atoms with Gasteiger partial charge in [-0.15, -0.1) is 11.8 Å². The van der Waals surface area contributed by atoms with E-state index in [2.05, 4.69) is 51.2 Å². The largest absolute Gasteiger partial charge is 0.389 e. The number of anilines is 1. The van der Waals surface area contributed by atoms with Crippen LogP contribution in [0.25, 0.3) is 0 Å². The number of hydrogen-bond acceptors (Lipinski definition) is 3. The second-order valence-corrected chi connectivity index (χ2v) is 7.09. The van der Waals surface area contributed by atoms with Crippen LogP contribution in [0.1, 0.15) is 39.7 Å². The summed E-state index contributed by atoms with van der Waals surface area (Å²) in [6, 6.07) is 6.19. The molecule has 0 spiro atoms. The molecule has 0 saturated heterocycles. The van der Waals surface area contributed by atoms with Crippen LogP contribution >= 0.6 is 24.0 Å². The van der Waals surface area contributed by atoms with Crippen molar-refractivity contribution >= 4 is 34.7 Å². The van der Waals surface area contributed by atoms with Gasteiger partial charge in [-0.05, 0) is 29.7 Å². The first kappa shape index (κ1) is 16.3. The number of nitrogens with one attached hydrogen (secondary N) is 1. The molecule has 3 N–H and O–H groups in total. The van der Waals surface area contributed by atoms with Crippen molar-refractivity contribution in [3.63, 3.8) is 0 Å². The quantitative estimate of drug-likeness (QED) is 0.582. The van der Waals surface area contributed by atoms with E-state index in [9.17, 15) is 0 Å². The third-order valence-electron chi connectivity index (χ3n) is 3.29. The highest BCUT2D eigenvalue weighted by Crippen LogP contribution is 2.30. The van der Waals surface area contributed by atoms with Gasteiger partial charge in [0.05, 0.1) is 0 Å². The highest BCUT2D eigenvalue weighted by atomic mass is 32.2. The van der Waals surface area contributed by atoms with Gasteiger partial charge in [-0.1, -0.05) is 46.0 Å². The maximum absolute atomic E-state index is 5.90. The van der Waals surface area contributed by atoms with Crippen molar-refractivity contribution < 1.29 is 0 Å². The Kier molecular flexibility index (Phi) is 6.14. The first-order valence-corrected chi connectivity index (χ1v) is 8.10. The van der Waals surface area contributed by atoms with Crippen molar-refractivity contribution in [1.82, 2.24) is 0 Å². The molecule has 0 aromatic heterocycles. The van der Waals surface area contributed by atoms with E-state index in [0.29, 0.717) is 4.99 Å². The highest BCUT2D eigenvalue weighted by molar-refractivity contribution is 7.99. The first-order valence-electron chi connectivity index (χ1n) is 6.70. The molecule has 2 nitrogen and oxygen atoms in total. The highest BCUT2D eigenvalue weighted by Gasteiger charge is 2.17. The van der Waals surface area contributed by atoms with E-state index in [1.165, 1.54) is 0 Å². The predicted octanol–water partition coefficient (Wildman–Crippen LogP) is 4.28. The predicted molar refractivity (Wildman–Crippen MR) is 91.3 cm³/mol. The molecule has 0 aliphatic heterocycles. The van der Waals surface area contributed by atoms with E-state index < -0.39 is 0 Å². The molecular formula is C15H24N2S2. The fourth-order valence-electron chi connectivity index (χ4n) is 1.67. The Morgan fingerprint density at radius 1 is 1.37 bits per heavy atom. The maximum atomic E-state index is 5.90. The zero-order valence-electron chi connectivity index (χ0n) is 12.2. The van der Waals surface area contributed by atoms with Crippen molar-refractivity contribution in [2.45, 2.75) is 39.0 Å². The number of rotatable bonds is 7. The molecule has 1 aromatic rings. The topological polar surface area (TPSA) is 38.0 Å². The van der Waals surface area contributed by atoms with Crippen molar-refractivity contribution in [1.29, 1.82) is 0 Å². The van der Waals surface area contributed by atoms with E-state index in [4.69, 9.17) is 18.0 Å². The summed E-state index contributed by atoms with van der Waals surface area (Å²) in [5.41, 5.74) is 8.19. The van der Waals surface area contributed by atoms with Gasteiger partial charge in [-0.25, -0.2) is 0 Å². The Balaban J connectivity index is 3.00. The summed E-state index contributed by atoms with van der Waals surface area (Å²) in [7, 11) is 0. The van der Waals surface area contributed by atoms with Gasteiger partial charge >= 0.3 is 0 Å². The van der Waals surface area contributed by atoms with Crippen LogP contribution in [0.5, 0.6) is 0 Å². The second-order valence-electron chi connectivity index (χ2n) is 5.35. The molecule has 0 unspecified atom stereocenters. The lowest BCUT2D eigenvalue weighted by Crippen LogP contribution is -2.24. The van der Waals surface area contributed by atoms with Crippen LogP contribution in [-0.2, 0) is 0 Å². The molecule has 0 bridgehead atoms. The average Bonchev–Trinajstić information content (AvgIpc) is 2.36. The van der Waals surface area contributed by atoms with Crippen LogP contribution < -0.4 is 11.1 Å². The van der Waals surface area contributed by atoms with Crippen LogP contribution in [-0.4, -0.2) is 17.3 Å². The van der Waals surface area contributed by atoms with Gasteiger partial charge in [-0.3, -0.25) is 0 Å². The third kappa shape index (κ3) is 4.69. The second kappa shape index (κ2) is 7.15. The lowest BCUT2D eigenvalue weighted by molar-refractivity contribution is 0.377. The maximum Gasteiger partial charge on any atom is 0.107 e. The molecule has 0 heterocycles. The van der Waals surface area contributed by atoms with Crippen LogP contribution in [0.15, 0.2) is 23.1 Å². The fraction of sp³-hybridized carbons (Fsp3) is 0.533. The van der Waals surface area contributed by atoms with Gasteiger partial charge in [0.15, 0.2) is 0 Å². The Morgan fingerprint density at radius 2 is 2.05 bits per heavy atom. The fourth-order valence-corrected chi connectivity index (χ4v) is 2.80. The third-order valence-corrected chi connectivity index (χ3v) is 4.43. The van der Waals surface area contributed by atoms with Gasteiger partial charge < -0.3 is 11.1 Å². The molecule has 0 amide bonds. The number of thiocarbonyl (C=S) groups is 1. The Labute approximate surface area is 126 Å². The van der Waals surface area contributed by atoms with Crippen molar-refractivity contribution in [2.75, 3.05) is 17.6 Å². The van der Waals surface area contributed by atoms with E-state index in [0.717, 1.165) is 34.9 Å². The van der Waals surface area contributed by atoms with Crippen LogP contribution in [0.3, 0.4) is 0 Å². The van der Waals surface area contributed by atoms with Crippen LogP contribution in [0, 0.1) is 5.41 Å². The van der Waals surface area contributed by atoms with E-state index >= 15 is 0 Å². The van der Waals surface area contributed by atoms with Crippen molar-refractivity contribution in [3.05, 3.63) is 23.8 Å². The van der Waals surface area contributed by atoms with E-state index in [-0.39, 0.29) is 5.41 Å². The van der Waals surface area contributed by atoms with Gasteiger partial charge in [0.1, 0.15) is 4.99 Å². The molecule has 0 fully saturated rings. The average molecular weight is 297 g/mol. The number of hydrogen-bond donors (Lipinski definition) is 2. The molecule has 1 aromatic carbocycles. The summed E-state index contributed by atoms with van der Waals surface area (Å²) in [6.07, 6.45) is 1.13. The smallest absolute Gasteiger partial charge is 0.107 e. The molecule has 106 valence electrons.